The predicted octanol–water partition coefficient (Wildman–Crippen LogP) is 1.29. The third-order valence-corrected chi connectivity index (χ3v) is 3.39. The van der Waals surface area contributed by atoms with E-state index < -0.39 is 17.8 Å². The first-order valence-electron chi connectivity index (χ1n) is 7.85. The number of nitrogens with one attached hydrogen (secondary N) is 3. The second-order valence-corrected chi connectivity index (χ2v) is 5.55. The van der Waals surface area contributed by atoms with Crippen molar-refractivity contribution in [3.05, 3.63) is 65.5 Å². The molecule has 0 aliphatic rings. The van der Waals surface area contributed by atoms with Crippen molar-refractivity contribution in [2.75, 3.05) is 11.9 Å². The van der Waals surface area contributed by atoms with Gasteiger partial charge in [0.15, 0.2) is 0 Å². The Morgan fingerprint density at radius 3 is 2.12 bits per heavy atom. The normalized spacial score (nSPS) is 10.0. The Morgan fingerprint density at radius 2 is 1.50 bits per heavy atom. The van der Waals surface area contributed by atoms with E-state index in [1.807, 2.05) is 0 Å². The molecular formula is C18H19FN4O3. The molecule has 0 fully saturated rings. The molecule has 0 unspecified atom stereocenters. The van der Waals surface area contributed by atoms with Gasteiger partial charge in [0.25, 0.3) is 0 Å². The highest BCUT2D eigenvalue weighted by Gasteiger charge is 2.06. The molecule has 0 spiro atoms. The molecule has 0 atom stereocenters. The maximum Gasteiger partial charge on any atom is 0.315 e. The van der Waals surface area contributed by atoms with E-state index in [2.05, 4.69) is 16.0 Å². The van der Waals surface area contributed by atoms with Gasteiger partial charge in [-0.15, -0.1) is 0 Å². The highest BCUT2D eigenvalue weighted by molar-refractivity contribution is 5.94. The summed E-state index contributed by atoms with van der Waals surface area (Å²) in [4.78, 5) is 34.3. The van der Waals surface area contributed by atoms with Crippen molar-refractivity contribution >= 4 is 23.5 Å². The lowest BCUT2D eigenvalue weighted by atomic mass is 10.1. The van der Waals surface area contributed by atoms with Crippen LogP contribution in [0, 0.1) is 5.82 Å². The lowest BCUT2D eigenvalue weighted by Gasteiger charge is -2.09. The molecule has 0 saturated carbocycles. The number of carbonyl (C=O) groups excluding carboxylic acids is 3. The van der Waals surface area contributed by atoms with E-state index in [0.717, 1.165) is 11.1 Å². The molecule has 4 amide bonds. The quantitative estimate of drug-likeness (QED) is 0.598. The van der Waals surface area contributed by atoms with Crippen molar-refractivity contribution in [2.24, 2.45) is 5.73 Å². The van der Waals surface area contributed by atoms with Gasteiger partial charge in [-0.3, -0.25) is 9.59 Å². The van der Waals surface area contributed by atoms with Gasteiger partial charge in [0.05, 0.1) is 13.0 Å². The third-order valence-electron chi connectivity index (χ3n) is 3.39. The second-order valence-electron chi connectivity index (χ2n) is 5.55. The minimum Gasteiger partial charge on any atom is -0.369 e. The van der Waals surface area contributed by atoms with Gasteiger partial charge in [-0.1, -0.05) is 24.3 Å². The first-order chi connectivity index (χ1) is 12.4. The van der Waals surface area contributed by atoms with E-state index in [9.17, 15) is 18.8 Å². The van der Waals surface area contributed by atoms with Crippen LogP contribution in [-0.4, -0.2) is 24.4 Å². The summed E-state index contributed by atoms with van der Waals surface area (Å²) in [6, 6.07) is 11.9. The molecule has 2 aromatic carbocycles. The first kappa shape index (κ1) is 18.9. The second kappa shape index (κ2) is 9.16. The van der Waals surface area contributed by atoms with Gasteiger partial charge >= 0.3 is 6.03 Å². The highest BCUT2D eigenvalue weighted by atomic mass is 19.1. The van der Waals surface area contributed by atoms with Crippen molar-refractivity contribution in [2.45, 2.75) is 13.0 Å². The Bertz CT molecular complexity index is 776. The number of halogens is 1. The molecule has 0 heterocycles. The van der Waals surface area contributed by atoms with E-state index in [0.29, 0.717) is 5.69 Å². The molecule has 8 heteroatoms. The summed E-state index contributed by atoms with van der Waals surface area (Å²) in [6.45, 7) is 0.00729. The minimum absolute atomic E-state index is 0.129. The fraction of sp³-hybridized carbons (Fsp3) is 0.167. The topological polar surface area (TPSA) is 113 Å². The van der Waals surface area contributed by atoms with E-state index in [-0.39, 0.29) is 25.3 Å². The maximum atomic E-state index is 12.8. The number of hydrogen-bond donors (Lipinski definition) is 4. The molecule has 2 rings (SSSR count). The van der Waals surface area contributed by atoms with Gasteiger partial charge in [0.2, 0.25) is 11.8 Å². The zero-order chi connectivity index (χ0) is 18.9. The molecule has 2 aromatic rings. The van der Waals surface area contributed by atoms with Crippen LogP contribution in [0.4, 0.5) is 14.9 Å². The number of hydrogen-bond acceptors (Lipinski definition) is 3. The first-order valence-corrected chi connectivity index (χ1v) is 7.85. The SMILES string of the molecule is NC(=O)Cc1ccc(NC(=O)CNC(=O)NCc2ccc(F)cc2)cc1. The monoisotopic (exact) mass is 358 g/mol. The van der Waals surface area contributed by atoms with Crippen LogP contribution in [0.15, 0.2) is 48.5 Å². The summed E-state index contributed by atoms with van der Waals surface area (Å²) >= 11 is 0. The summed E-state index contributed by atoms with van der Waals surface area (Å²) in [7, 11) is 0. The van der Waals surface area contributed by atoms with Crippen LogP contribution in [0.5, 0.6) is 0 Å². The molecule has 0 saturated heterocycles. The van der Waals surface area contributed by atoms with Crippen LogP contribution >= 0.6 is 0 Å². The van der Waals surface area contributed by atoms with E-state index >= 15 is 0 Å². The Morgan fingerprint density at radius 1 is 0.885 bits per heavy atom. The van der Waals surface area contributed by atoms with Crippen LogP contribution in [0.1, 0.15) is 11.1 Å². The molecule has 0 radical (unpaired) electrons. The summed E-state index contributed by atoms with van der Waals surface area (Å²) < 4.78 is 12.8. The smallest absolute Gasteiger partial charge is 0.315 e. The Labute approximate surface area is 149 Å². The molecule has 0 aromatic heterocycles. The fourth-order valence-corrected chi connectivity index (χ4v) is 2.12. The van der Waals surface area contributed by atoms with Crippen LogP contribution in [-0.2, 0) is 22.6 Å². The van der Waals surface area contributed by atoms with Gasteiger partial charge in [0, 0.05) is 12.2 Å². The van der Waals surface area contributed by atoms with E-state index in [1.54, 1.807) is 36.4 Å². The number of urea groups is 1. The van der Waals surface area contributed by atoms with Crippen molar-refractivity contribution in [3.8, 4) is 0 Å². The lowest BCUT2D eigenvalue weighted by Crippen LogP contribution is -2.39. The summed E-state index contributed by atoms with van der Waals surface area (Å²) in [5, 5.41) is 7.61. The molecule has 136 valence electrons. The summed E-state index contributed by atoms with van der Waals surface area (Å²) in [5.74, 6) is -1.18. The average Bonchev–Trinajstić information content (AvgIpc) is 2.61. The molecule has 0 aliphatic heterocycles. The molecule has 26 heavy (non-hydrogen) atoms. The van der Waals surface area contributed by atoms with E-state index in [1.165, 1.54) is 12.1 Å². The van der Waals surface area contributed by atoms with Crippen LogP contribution in [0.2, 0.25) is 0 Å². The van der Waals surface area contributed by atoms with Gasteiger partial charge in [-0.05, 0) is 35.4 Å². The van der Waals surface area contributed by atoms with Crippen molar-refractivity contribution in [3.63, 3.8) is 0 Å². The molecule has 0 aliphatic carbocycles. The molecular weight excluding hydrogens is 339 g/mol. The number of anilines is 1. The highest BCUT2D eigenvalue weighted by Crippen LogP contribution is 2.09. The average molecular weight is 358 g/mol. The van der Waals surface area contributed by atoms with Gasteiger partial charge in [-0.2, -0.15) is 0 Å². The number of carbonyl (C=O) groups is 3. The number of primary amides is 1. The zero-order valence-electron chi connectivity index (χ0n) is 13.9. The van der Waals surface area contributed by atoms with Crippen LogP contribution < -0.4 is 21.7 Å². The number of amides is 4. The Kier molecular flexibility index (Phi) is 6.67. The zero-order valence-corrected chi connectivity index (χ0v) is 13.9. The van der Waals surface area contributed by atoms with E-state index in [4.69, 9.17) is 5.73 Å². The van der Waals surface area contributed by atoms with Gasteiger partial charge < -0.3 is 21.7 Å². The fourth-order valence-electron chi connectivity index (χ4n) is 2.12. The van der Waals surface area contributed by atoms with Crippen molar-refractivity contribution in [1.82, 2.24) is 10.6 Å². The maximum absolute atomic E-state index is 12.8. The minimum atomic E-state index is -0.513. The van der Waals surface area contributed by atoms with Gasteiger partial charge in [0.1, 0.15) is 5.82 Å². The Hall–Kier alpha value is -3.42. The predicted molar refractivity (Wildman–Crippen MR) is 94.6 cm³/mol. The molecule has 5 N–H and O–H groups in total. The Balaban J connectivity index is 1.71. The van der Waals surface area contributed by atoms with Crippen molar-refractivity contribution in [1.29, 1.82) is 0 Å². The number of rotatable bonds is 7. The number of benzene rings is 2. The number of nitrogens with two attached hydrogens (primary N) is 1. The third kappa shape index (κ3) is 6.60. The lowest BCUT2D eigenvalue weighted by molar-refractivity contribution is -0.117. The van der Waals surface area contributed by atoms with Gasteiger partial charge in [-0.25, -0.2) is 9.18 Å². The van der Waals surface area contributed by atoms with Crippen LogP contribution in [0.3, 0.4) is 0 Å². The van der Waals surface area contributed by atoms with Crippen molar-refractivity contribution < 1.29 is 18.8 Å². The largest absolute Gasteiger partial charge is 0.369 e. The molecule has 0 bridgehead atoms. The standard InChI is InChI=1S/C18H19FN4O3/c19-14-5-1-13(2-6-14)10-21-18(26)22-11-17(25)23-15-7-3-12(4-8-15)9-16(20)24/h1-8H,9-11H2,(H2,20,24)(H,23,25)(H2,21,22,26). The molecule has 7 nitrogen and oxygen atoms in total. The summed E-state index contributed by atoms with van der Waals surface area (Å²) in [6.07, 6.45) is 0.129. The summed E-state index contributed by atoms with van der Waals surface area (Å²) in [5.41, 5.74) is 7.13. The van der Waals surface area contributed by atoms with Crippen LogP contribution in [0.25, 0.3) is 0 Å².